The van der Waals surface area contributed by atoms with Crippen LogP contribution >= 0.6 is 11.3 Å². The van der Waals surface area contributed by atoms with Gasteiger partial charge < -0.3 is 0 Å². The lowest BCUT2D eigenvalue weighted by atomic mass is 10.1. The molecule has 0 bridgehead atoms. The molecule has 2 aromatic rings. The largest absolute Gasteiger partial charge is 0.287 e. The second-order valence-corrected chi connectivity index (χ2v) is 6.31. The molecule has 0 spiro atoms. The van der Waals surface area contributed by atoms with E-state index in [9.17, 15) is 4.79 Å². The molecule has 0 aliphatic carbocycles. The van der Waals surface area contributed by atoms with Gasteiger partial charge in [-0.15, -0.1) is 10.2 Å². The number of aryl methyl sites for hydroxylation is 1. The first-order valence-electron chi connectivity index (χ1n) is 7.87. The maximum atomic E-state index is 12.4. The van der Waals surface area contributed by atoms with Crippen molar-refractivity contribution in [2.24, 2.45) is 0 Å². The van der Waals surface area contributed by atoms with Crippen LogP contribution in [0.1, 0.15) is 45.1 Å². The molecule has 118 valence electrons. The van der Waals surface area contributed by atoms with E-state index >= 15 is 0 Å². The van der Waals surface area contributed by atoms with Crippen molar-refractivity contribution in [2.75, 3.05) is 11.4 Å². The van der Waals surface area contributed by atoms with Gasteiger partial charge in [-0.1, -0.05) is 55.9 Å². The number of hydrogen-bond donors (Lipinski definition) is 0. The molecule has 0 saturated heterocycles. The molecule has 1 aromatic carbocycles. The molecule has 2 rings (SSSR count). The number of hydrogen-bond acceptors (Lipinski definition) is 4. The number of unbranched alkanes of at least 4 members (excludes halogenated alkanes) is 1. The van der Waals surface area contributed by atoms with E-state index in [-0.39, 0.29) is 5.91 Å². The lowest BCUT2D eigenvalue weighted by Crippen LogP contribution is -2.31. The fourth-order valence-electron chi connectivity index (χ4n) is 2.26. The molecule has 22 heavy (non-hydrogen) atoms. The molecular formula is C17H23N3OS. The van der Waals surface area contributed by atoms with Crippen molar-refractivity contribution in [3.05, 3.63) is 29.8 Å². The van der Waals surface area contributed by atoms with E-state index in [1.165, 1.54) is 16.9 Å². The number of aromatic nitrogens is 2. The smallest absolute Gasteiger partial charge is 0.228 e. The highest BCUT2D eigenvalue weighted by Crippen LogP contribution is 2.31. The van der Waals surface area contributed by atoms with Gasteiger partial charge in [-0.05, 0) is 25.3 Å². The van der Waals surface area contributed by atoms with Crippen molar-refractivity contribution in [1.29, 1.82) is 0 Å². The zero-order valence-electron chi connectivity index (χ0n) is 13.5. The number of benzene rings is 1. The zero-order chi connectivity index (χ0) is 15.9. The van der Waals surface area contributed by atoms with E-state index in [1.807, 2.05) is 18.2 Å². The maximum absolute atomic E-state index is 12.4. The minimum absolute atomic E-state index is 0.149. The molecule has 4 nitrogen and oxygen atoms in total. The van der Waals surface area contributed by atoms with Gasteiger partial charge in [0.1, 0.15) is 5.01 Å². The number of anilines is 1. The summed E-state index contributed by atoms with van der Waals surface area (Å²) in [4.78, 5) is 14.2. The maximum Gasteiger partial charge on any atom is 0.228 e. The molecule has 0 radical (unpaired) electrons. The van der Waals surface area contributed by atoms with Gasteiger partial charge in [0.2, 0.25) is 11.0 Å². The van der Waals surface area contributed by atoms with Gasteiger partial charge in [0.25, 0.3) is 0 Å². The van der Waals surface area contributed by atoms with Gasteiger partial charge in [0, 0.05) is 18.5 Å². The van der Waals surface area contributed by atoms with E-state index in [0.29, 0.717) is 18.1 Å². The van der Waals surface area contributed by atoms with Crippen molar-refractivity contribution >= 4 is 22.4 Å². The molecule has 0 saturated carbocycles. The van der Waals surface area contributed by atoms with E-state index in [4.69, 9.17) is 0 Å². The summed E-state index contributed by atoms with van der Waals surface area (Å²) in [5, 5.41) is 10.1. The Morgan fingerprint density at radius 3 is 2.64 bits per heavy atom. The first-order valence-corrected chi connectivity index (χ1v) is 8.68. The molecule has 0 aliphatic rings. The number of carbonyl (C=O) groups excluding carboxylic acids is 1. The fraction of sp³-hybridized carbons (Fsp3) is 0.471. The Bertz CT molecular complexity index is 624. The van der Waals surface area contributed by atoms with Crippen molar-refractivity contribution in [1.82, 2.24) is 10.2 Å². The van der Waals surface area contributed by atoms with Crippen LogP contribution in [0.5, 0.6) is 0 Å². The molecule has 1 amide bonds. The molecule has 0 N–H and O–H groups in total. The van der Waals surface area contributed by atoms with Gasteiger partial charge in [0.15, 0.2) is 0 Å². The molecule has 0 unspecified atom stereocenters. The standard InChI is InChI=1S/C17H23N3OS/c1-4-6-11-15(21)20(12-5-2)17-19-18-16(22-17)14-10-8-7-9-13(14)3/h7-10H,4-6,11-12H2,1-3H3. The number of nitrogens with zero attached hydrogens (tertiary/aromatic N) is 3. The van der Waals surface area contributed by atoms with Crippen LogP contribution in [0.25, 0.3) is 10.6 Å². The third-order valence-corrected chi connectivity index (χ3v) is 4.49. The van der Waals surface area contributed by atoms with Crippen LogP contribution in [0, 0.1) is 6.92 Å². The lowest BCUT2D eigenvalue weighted by Gasteiger charge is -2.18. The molecule has 0 aliphatic heterocycles. The van der Waals surface area contributed by atoms with Gasteiger partial charge in [0.05, 0.1) is 0 Å². The van der Waals surface area contributed by atoms with Gasteiger partial charge in [-0.25, -0.2) is 0 Å². The minimum atomic E-state index is 0.149. The van der Waals surface area contributed by atoms with Crippen LogP contribution < -0.4 is 4.90 Å². The predicted molar refractivity (Wildman–Crippen MR) is 92.3 cm³/mol. The number of rotatable bonds is 7. The van der Waals surface area contributed by atoms with E-state index in [0.717, 1.165) is 29.8 Å². The molecular weight excluding hydrogens is 294 g/mol. The van der Waals surface area contributed by atoms with Crippen LogP contribution in [-0.2, 0) is 4.79 Å². The van der Waals surface area contributed by atoms with Crippen LogP contribution in [0.4, 0.5) is 5.13 Å². The predicted octanol–water partition coefficient (Wildman–Crippen LogP) is 4.45. The summed E-state index contributed by atoms with van der Waals surface area (Å²) in [7, 11) is 0. The first kappa shape index (κ1) is 16.6. The van der Waals surface area contributed by atoms with Crippen LogP contribution in [0.3, 0.4) is 0 Å². The second-order valence-electron chi connectivity index (χ2n) is 5.35. The van der Waals surface area contributed by atoms with E-state index in [2.05, 4.69) is 37.0 Å². The highest BCUT2D eigenvalue weighted by atomic mass is 32.1. The Kier molecular flexibility index (Phi) is 6.07. The molecule has 5 heteroatoms. The Labute approximate surface area is 136 Å². The minimum Gasteiger partial charge on any atom is -0.287 e. The van der Waals surface area contributed by atoms with E-state index in [1.54, 1.807) is 4.90 Å². The van der Waals surface area contributed by atoms with Crippen LogP contribution in [0.2, 0.25) is 0 Å². The van der Waals surface area contributed by atoms with Crippen molar-refractivity contribution in [2.45, 2.75) is 46.5 Å². The van der Waals surface area contributed by atoms with Gasteiger partial charge in [-0.2, -0.15) is 0 Å². The highest BCUT2D eigenvalue weighted by Gasteiger charge is 2.19. The van der Waals surface area contributed by atoms with Crippen molar-refractivity contribution in [3.8, 4) is 10.6 Å². The fourth-order valence-corrected chi connectivity index (χ4v) is 3.24. The zero-order valence-corrected chi connectivity index (χ0v) is 14.3. The summed E-state index contributed by atoms with van der Waals surface area (Å²) in [6.45, 7) is 6.93. The normalized spacial score (nSPS) is 10.7. The quantitative estimate of drug-likeness (QED) is 0.758. The van der Waals surface area contributed by atoms with Gasteiger partial charge >= 0.3 is 0 Å². The second kappa shape index (κ2) is 8.03. The van der Waals surface area contributed by atoms with Crippen LogP contribution in [-0.4, -0.2) is 22.6 Å². The molecule has 0 atom stereocenters. The average Bonchev–Trinajstić information content (AvgIpc) is 3.00. The average molecular weight is 317 g/mol. The highest BCUT2D eigenvalue weighted by molar-refractivity contribution is 7.18. The first-order chi connectivity index (χ1) is 10.7. The molecule has 1 aromatic heterocycles. The number of amides is 1. The summed E-state index contributed by atoms with van der Waals surface area (Å²) in [6.07, 6.45) is 3.44. The van der Waals surface area contributed by atoms with Crippen molar-refractivity contribution < 1.29 is 4.79 Å². The van der Waals surface area contributed by atoms with Crippen LogP contribution in [0.15, 0.2) is 24.3 Å². The summed E-state index contributed by atoms with van der Waals surface area (Å²) in [6, 6.07) is 8.12. The van der Waals surface area contributed by atoms with E-state index < -0.39 is 0 Å². The summed E-state index contributed by atoms with van der Waals surface area (Å²) in [5.41, 5.74) is 2.26. The topological polar surface area (TPSA) is 46.1 Å². The summed E-state index contributed by atoms with van der Waals surface area (Å²) in [5.74, 6) is 0.149. The molecule has 1 heterocycles. The Morgan fingerprint density at radius 1 is 1.18 bits per heavy atom. The summed E-state index contributed by atoms with van der Waals surface area (Å²) >= 11 is 1.49. The summed E-state index contributed by atoms with van der Waals surface area (Å²) < 4.78 is 0. The Hall–Kier alpha value is -1.75. The molecule has 0 fully saturated rings. The number of carbonyl (C=O) groups is 1. The SMILES string of the molecule is CCCCC(=O)N(CCC)c1nnc(-c2ccccc2C)s1. The monoisotopic (exact) mass is 317 g/mol. The third-order valence-electron chi connectivity index (χ3n) is 3.51. The van der Waals surface area contributed by atoms with Gasteiger partial charge in [-0.3, -0.25) is 9.69 Å². The Morgan fingerprint density at radius 2 is 1.95 bits per heavy atom. The third kappa shape index (κ3) is 3.91. The Balaban J connectivity index is 2.23. The lowest BCUT2D eigenvalue weighted by molar-refractivity contribution is -0.118. The van der Waals surface area contributed by atoms with Crippen molar-refractivity contribution in [3.63, 3.8) is 0 Å².